The van der Waals surface area contributed by atoms with E-state index in [1.165, 1.54) is 5.56 Å². The lowest BCUT2D eigenvalue weighted by molar-refractivity contribution is 0.478. The molecule has 0 radical (unpaired) electrons. The lowest BCUT2D eigenvalue weighted by Gasteiger charge is -2.12. The molecule has 0 fully saturated rings. The maximum Gasteiger partial charge on any atom is 0.130 e. The van der Waals surface area contributed by atoms with Gasteiger partial charge in [0, 0.05) is 11.6 Å². The molecule has 2 aromatic rings. The maximum atomic E-state index is 6.12. The number of hydrogen-bond donors (Lipinski definition) is 1. The molecule has 0 saturated heterocycles. The van der Waals surface area contributed by atoms with Crippen LogP contribution in [-0.2, 0) is 13.0 Å². The summed E-state index contributed by atoms with van der Waals surface area (Å²) < 4.78 is 5.96. The van der Waals surface area contributed by atoms with Crippen molar-refractivity contribution in [2.24, 2.45) is 0 Å². The Balaban J connectivity index is 2.21. The number of aryl methyl sites for hydroxylation is 2. The van der Waals surface area contributed by atoms with Crippen molar-refractivity contribution < 1.29 is 4.74 Å². The first-order chi connectivity index (χ1) is 9.63. The standard InChI is InChI=1S/C17H20ClNO/c1-4-14-10-15(6-7-16(14)18)20-17-8-5-13(11-19-3)9-12(17)2/h5-10,19H,4,11H2,1-3H3. The van der Waals surface area contributed by atoms with Gasteiger partial charge in [0.25, 0.3) is 0 Å². The third-order valence-electron chi connectivity index (χ3n) is 3.25. The van der Waals surface area contributed by atoms with Crippen LogP contribution >= 0.6 is 11.6 Å². The minimum absolute atomic E-state index is 0.793. The number of nitrogens with one attached hydrogen (secondary N) is 1. The highest BCUT2D eigenvalue weighted by molar-refractivity contribution is 6.31. The first kappa shape index (κ1) is 14.9. The van der Waals surface area contributed by atoms with Crippen molar-refractivity contribution in [1.29, 1.82) is 0 Å². The number of halogens is 1. The third-order valence-corrected chi connectivity index (χ3v) is 3.61. The van der Waals surface area contributed by atoms with E-state index in [1.807, 2.05) is 31.3 Å². The zero-order valence-electron chi connectivity index (χ0n) is 12.2. The Kier molecular flexibility index (Phi) is 5.05. The molecule has 0 aliphatic heterocycles. The van der Waals surface area contributed by atoms with Crippen LogP contribution in [0.2, 0.25) is 5.02 Å². The highest BCUT2D eigenvalue weighted by Crippen LogP contribution is 2.29. The number of hydrogen-bond acceptors (Lipinski definition) is 2. The third kappa shape index (κ3) is 3.53. The Bertz CT molecular complexity index is 596. The van der Waals surface area contributed by atoms with Crippen LogP contribution in [0, 0.1) is 6.92 Å². The lowest BCUT2D eigenvalue weighted by atomic mass is 10.1. The van der Waals surface area contributed by atoms with Gasteiger partial charge in [-0.3, -0.25) is 0 Å². The quantitative estimate of drug-likeness (QED) is 0.860. The van der Waals surface area contributed by atoms with E-state index in [-0.39, 0.29) is 0 Å². The second-order valence-corrected chi connectivity index (χ2v) is 5.25. The van der Waals surface area contributed by atoms with E-state index in [2.05, 4.69) is 31.3 Å². The summed E-state index contributed by atoms with van der Waals surface area (Å²) in [5.74, 6) is 1.71. The number of ether oxygens (including phenoxy) is 1. The zero-order chi connectivity index (χ0) is 14.5. The van der Waals surface area contributed by atoms with E-state index >= 15 is 0 Å². The monoisotopic (exact) mass is 289 g/mol. The molecule has 106 valence electrons. The highest BCUT2D eigenvalue weighted by Gasteiger charge is 2.05. The van der Waals surface area contributed by atoms with Crippen LogP contribution in [0.5, 0.6) is 11.5 Å². The van der Waals surface area contributed by atoms with E-state index < -0.39 is 0 Å². The number of benzene rings is 2. The molecule has 2 nitrogen and oxygen atoms in total. The van der Waals surface area contributed by atoms with Crippen molar-refractivity contribution in [2.45, 2.75) is 26.8 Å². The van der Waals surface area contributed by atoms with Crippen molar-refractivity contribution in [2.75, 3.05) is 7.05 Å². The molecule has 2 rings (SSSR count). The van der Waals surface area contributed by atoms with Gasteiger partial charge in [0.15, 0.2) is 0 Å². The van der Waals surface area contributed by atoms with Gasteiger partial charge >= 0.3 is 0 Å². The Labute approximate surface area is 125 Å². The zero-order valence-corrected chi connectivity index (χ0v) is 12.9. The summed E-state index contributed by atoms with van der Waals surface area (Å²) in [7, 11) is 1.94. The minimum Gasteiger partial charge on any atom is -0.457 e. The predicted octanol–water partition coefficient (Wildman–Crippen LogP) is 4.72. The van der Waals surface area contributed by atoms with Crippen molar-refractivity contribution in [1.82, 2.24) is 5.32 Å². The Morgan fingerprint density at radius 1 is 1.15 bits per heavy atom. The first-order valence-corrected chi connectivity index (χ1v) is 7.22. The molecule has 0 aliphatic carbocycles. The van der Waals surface area contributed by atoms with Gasteiger partial charge in [-0.15, -0.1) is 0 Å². The van der Waals surface area contributed by atoms with Crippen molar-refractivity contribution in [3.05, 3.63) is 58.1 Å². The summed E-state index contributed by atoms with van der Waals surface area (Å²) in [4.78, 5) is 0. The summed E-state index contributed by atoms with van der Waals surface area (Å²) in [6.45, 7) is 5.01. The van der Waals surface area contributed by atoms with Crippen LogP contribution in [0.25, 0.3) is 0 Å². The molecule has 0 bridgehead atoms. The summed E-state index contributed by atoms with van der Waals surface area (Å²) in [5, 5.41) is 3.94. The van der Waals surface area contributed by atoms with Gasteiger partial charge in [0.05, 0.1) is 0 Å². The average molecular weight is 290 g/mol. The van der Waals surface area contributed by atoms with Crippen LogP contribution in [0.4, 0.5) is 0 Å². The van der Waals surface area contributed by atoms with Gasteiger partial charge in [-0.05, 0) is 61.3 Å². The minimum atomic E-state index is 0.793. The molecular formula is C17H20ClNO. The molecule has 0 spiro atoms. The first-order valence-electron chi connectivity index (χ1n) is 6.84. The second kappa shape index (κ2) is 6.78. The van der Waals surface area contributed by atoms with Gasteiger partial charge < -0.3 is 10.1 Å². The summed E-state index contributed by atoms with van der Waals surface area (Å²) in [5.41, 5.74) is 3.49. The average Bonchev–Trinajstić information content (AvgIpc) is 2.44. The van der Waals surface area contributed by atoms with Crippen LogP contribution < -0.4 is 10.1 Å². The highest BCUT2D eigenvalue weighted by atomic mass is 35.5. The van der Waals surface area contributed by atoms with Crippen molar-refractivity contribution in [3.63, 3.8) is 0 Å². The number of rotatable bonds is 5. The molecule has 0 saturated carbocycles. The molecule has 0 amide bonds. The largest absolute Gasteiger partial charge is 0.457 e. The fourth-order valence-electron chi connectivity index (χ4n) is 2.15. The molecule has 0 heterocycles. The van der Waals surface area contributed by atoms with Gasteiger partial charge in [-0.25, -0.2) is 0 Å². The Hall–Kier alpha value is -1.51. The fraction of sp³-hybridized carbons (Fsp3) is 0.294. The second-order valence-electron chi connectivity index (χ2n) is 4.84. The molecule has 0 aromatic heterocycles. The molecule has 0 aliphatic rings. The van der Waals surface area contributed by atoms with E-state index in [0.717, 1.165) is 40.6 Å². The SMILES string of the molecule is CCc1cc(Oc2ccc(CNC)cc2C)ccc1Cl. The molecule has 2 aromatic carbocycles. The molecule has 3 heteroatoms. The lowest BCUT2D eigenvalue weighted by Crippen LogP contribution is -2.05. The Morgan fingerprint density at radius 2 is 1.95 bits per heavy atom. The normalized spacial score (nSPS) is 10.6. The van der Waals surface area contributed by atoms with Crippen molar-refractivity contribution >= 4 is 11.6 Å². The molecular weight excluding hydrogens is 270 g/mol. The summed E-state index contributed by atoms with van der Waals surface area (Å²) in [6, 6.07) is 12.0. The van der Waals surface area contributed by atoms with Gasteiger partial charge in [0.1, 0.15) is 11.5 Å². The molecule has 0 unspecified atom stereocenters. The van der Waals surface area contributed by atoms with E-state index in [1.54, 1.807) is 0 Å². The molecule has 20 heavy (non-hydrogen) atoms. The smallest absolute Gasteiger partial charge is 0.130 e. The molecule has 1 N–H and O–H groups in total. The van der Waals surface area contributed by atoms with E-state index in [4.69, 9.17) is 16.3 Å². The summed E-state index contributed by atoms with van der Waals surface area (Å²) in [6.07, 6.45) is 0.899. The van der Waals surface area contributed by atoms with Gasteiger partial charge in [0.2, 0.25) is 0 Å². The van der Waals surface area contributed by atoms with Crippen LogP contribution in [0.3, 0.4) is 0 Å². The summed E-state index contributed by atoms with van der Waals surface area (Å²) >= 11 is 6.12. The maximum absolute atomic E-state index is 6.12. The van der Waals surface area contributed by atoms with Gasteiger partial charge in [-0.2, -0.15) is 0 Å². The van der Waals surface area contributed by atoms with Crippen LogP contribution in [-0.4, -0.2) is 7.05 Å². The predicted molar refractivity (Wildman–Crippen MR) is 84.8 cm³/mol. The van der Waals surface area contributed by atoms with E-state index in [9.17, 15) is 0 Å². The topological polar surface area (TPSA) is 21.3 Å². The van der Waals surface area contributed by atoms with Crippen molar-refractivity contribution in [3.8, 4) is 11.5 Å². The van der Waals surface area contributed by atoms with Gasteiger partial charge in [-0.1, -0.05) is 30.7 Å². The van der Waals surface area contributed by atoms with E-state index in [0.29, 0.717) is 0 Å². The fourth-order valence-corrected chi connectivity index (χ4v) is 2.40. The Morgan fingerprint density at radius 3 is 2.60 bits per heavy atom. The molecule has 0 atom stereocenters. The van der Waals surface area contributed by atoms with Crippen LogP contribution in [0.1, 0.15) is 23.6 Å². The van der Waals surface area contributed by atoms with Crippen LogP contribution in [0.15, 0.2) is 36.4 Å².